The van der Waals surface area contributed by atoms with Gasteiger partial charge in [-0.1, -0.05) is 26.0 Å². The van der Waals surface area contributed by atoms with Crippen molar-refractivity contribution < 1.29 is 9.18 Å². The van der Waals surface area contributed by atoms with E-state index >= 15 is 0 Å². The Morgan fingerprint density at radius 1 is 1.50 bits per heavy atom. The predicted octanol–water partition coefficient (Wildman–Crippen LogP) is 2.81. The zero-order chi connectivity index (χ0) is 10.6. The van der Waals surface area contributed by atoms with Crippen LogP contribution in [0.4, 0.5) is 10.1 Å². The van der Waals surface area contributed by atoms with Crippen molar-refractivity contribution in [2.75, 3.05) is 5.32 Å². The van der Waals surface area contributed by atoms with Crippen molar-refractivity contribution in [3.8, 4) is 0 Å². The highest BCUT2D eigenvalue weighted by atomic mass is 19.1. The number of carbonyl (C=O) groups excluding carboxylic acids is 1. The molecule has 0 heterocycles. The number of nitrogens with one attached hydrogen (secondary N) is 1. The van der Waals surface area contributed by atoms with Gasteiger partial charge in [0.15, 0.2) is 0 Å². The van der Waals surface area contributed by atoms with Crippen LogP contribution in [0.15, 0.2) is 24.3 Å². The summed E-state index contributed by atoms with van der Waals surface area (Å²) in [4.78, 5) is 11.4. The number of para-hydroxylation sites is 1. The van der Waals surface area contributed by atoms with Crippen molar-refractivity contribution in [1.82, 2.24) is 0 Å². The molecule has 0 saturated carbocycles. The van der Waals surface area contributed by atoms with Crippen LogP contribution < -0.4 is 5.32 Å². The number of rotatable bonds is 3. The van der Waals surface area contributed by atoms with Gasteiger partial charge >= 0.3 is 0 Å². The summed E-state index contributed by atoms with van der Waals surface area (Å²) in [6.45, 7) is 3.74. The van der Waals surface area contributed by atoms with Crippen LogP contribution in [0.25, 0.3) is 0 Å². The van der Waals surface area contributed by atoms with E-state index in [1.54, 1.807) is 18.2 Å². The molecule has 1 aromatic carbocycles. The van der Waals surface area contributed by atoms with E-state index in [1.165, 1.54) is 6.07 Å². The fourth-order valence-corrected chi connectivity index (χ4v) is 1.00. The minimum atomic E-state index is -0.399. The van der Waals surface area contributed by atoms with Gasteiger partial charge in [0.2, 0.25) is 5.91 Å². The van der Waals surface area contributed by atoms with E-state index in [0.717, 1.165) is 6.42 Å². The summed E-state index contributed by atoms with van der Waals surface area (Å²) in [5.41, 5.74) is 0.248. The van der Waals surface area contributed by atoms with Gasteiger partial charge in [0.1, 0.15) is 5.82 Å². The van der Waals surface area contributed by atoms with E-state index in [1.807, 2.05) is 13.8 Å². The highest BCUT2D eigenvalue weighted by Gasteiger charge is 2.11. The van der Waals surface area contributed by atoms with E-state index in [-0.39, 0.29) is 17.5 Å². The van der Waals surface area contributed by atoms with Crippen LogP contribution in [0, 0.1) is 11.7 Å². The molecule has 0 aliphatic rings. The van der Waals surface area contributed by atoms with Crippen LogP contribution in [0.1, 0.15) is 20.3 Å². The highest BCUT2D eigenvalue weighted by Crippen LogP contribution is 2.14. The van der Waals surface area contributed by atoms with Crippen LogP contribution in [0.3, 0.4) is 0 Å². The normalized spacial score (nSPS) is 12.2. The van der Waals surface area contributed by atoms with E-state index in [0.29, 0.717) is 0 Å². The van der Waals surface area contributed by atoms with Crippen LogP contribution in [-0.4, -0.2) is 5.91 Å². The summed E-state index contributed by atoms with van der Waals surface area (Å²) in [7, 11) is 0. The summed E-state index contributed by atoms with van der Waals surface area (Å²) < 4.78 is 13.1. The van der Waals surface area contributed by atoms with E-state index in [2.05, 4.69) is 5.32 Å². The van der Waals surface area contributed by atoms with Crippen molar-refractivity contribution >= 4 is 11.6 Å². The van der Waals surface area contributed by atoms with Gasteiger partial charge in [-0.05, 0) is 18.6 Å². The van der Waals surface area contributed by atoms with Crippen LogP contribution in [-0.2, 0) is 4.79 Å². The first kappa shape index (κ1) is 10.7. The molecule has 2 nitrogen and oxygen atoms in total. The number of anilines is 1. The lowest BCUT2D eigenvalue weighted by Crippen LogP contribution is -2.20. The van der Waals surface area contributed by atoms with E-state index in [4.69, 9.17) is 0 Å². The molecule has 0 aliphatic carbocycles. The maximum atomic E-state index is 13.1. The highest BCUT2D eigenvalue weighted by molar-refractivity contribution is 5.92. The molecule has 1 unspecified atom stereocenters. The molecule has 0 bridgehead atoms. The largest absolute Gasteiger partial charge is 0.323 e. The van der Waals surface area contributed by atoms with Gasteiger partial charge in [-0.2, -0.15) is 0 Å². The molecule has 14 heavy (non-hydrogen) atoms. The lowest BCUT2D eigenvalue weighted by atomic mass is 10.1. The van der Waals surface area contributed by atoms with Gasteiger partial charge in [0.25, 0.3) is 0 Å². The van der Waals surface area contributed by atoms with Gasteiger partial charge in [-0.3, -0.25) is 4.79 Å². The maximum absolute atomic E-state index is 13.1. The Morgan fingerprint density at radius 3 is 2.71 bits per heavy atom. The quantitative estimate of drug-likeness (QED) is 0.789. The van der Waals surface area contributed by atoms with E-state index < -0.39 is 5.82 Å². The maximum Gasteiger partial charge on any atom is 0.227 e. The number of carbonyl (C=O) groups is 1. The molecule has 0 radical (unpaired) electrons. The second-order valence-electron chi connectivity index (χ2n) is 3.28. The Kier molecular flexibility index (Phi) is 3.63. The Labute approximate surface area is 83.1 Å². The Morgan fingerprint density at radius 2 is 2.14 bits per heavy atom. The van der Waals surface area contributed by atoms with Crippen LogP contribution in [0.5, 0.6) is 0 Å². The summed E-state index contributed by atoms with van der Waals surface area (Å²) in [6.07, 6.45) is 0.750. The third kappa shape index (κ3) is 2.55. The van der Waals surface area contributed by atoms with Crippen molar-refractivity contribution in [2.24, 2.45) is 5.92 Å². The molecule has 76 valence electrons. The molecule has 3 heteroatoms. The molecule has 1 aromatic rings. The predicted molar refractivity (Wildman–Crippen MR) is 54.5 cm³/mol. The summed E-state index contributed by atoms with van der Waals surface area (Å²) in [6, 6.07) is 6.16. The molecule has 0 spiro atoms. The molecule has 1 amide bonds. The summed E-state index contributed by atoms with van der Waals surface area (Å²) >= 11 is 0. The molecule has 1 N–H and O–H groups in total. The number of halogens is 1. The Balaban J connectivity index is 2.70. The van der Waals surface area contributed by atoms with Crippen LogP contribution >= 0.6 is 0 Å². The number of hydrogen-bond acceptors (Lipinski definition) is 1. The third-order valence-electron chi connectivity index (χ3n) is 2.19. The number of hydrogen-bond donors (Lipinski definition) is 1. The lowest BCUT2D eigenvalue weighted by Gasteiger charge is -2.10. The molecule has 0 fully saturated rings. The van der Waals surface area contributed by atoms with Gasteiger partial charge in [0.05, 0.1) is 5.69 Å². The fraction of sp³-hybridized carbons (Fsp3) is 0.364. The minimum absolute atomic E-state index is 0.0883. The molecule has 0 aliphatic heterocycles. The zero-order valence-corrected chi connectivity index (χ0v) is 8.38. The number of benzene rings is 1. The smallest absolute Gasteiger partial charge is 0.227 e. The van der Waals surface area contributed by atoms with Crippen molar-refractivity contribution in [3.63, 3.8) is 0 Å². The first-order valence-electron chi connectivity index (χ1n) is 4.70. The lowest BCUT2D eigenvalue weighted by molar-refractivity contribution is -0.119. The van der Waals surface area contributed by atoms with Gasteiger partial charge in [0, 0.05) is 5.92 Å². The first-order valence-corrected chi connectivity index (χ1v) is 4.70. The summed E-state index contributed by atoms with van der Waals surface area (Å²) in [5, 5.41) is 2.55. The Hall–Kier alpha value is -1.38. The monoisotopic (exact) mass is 195 g/mol. The van der Waals surface area contributed by atoms with Crippen molar-refractivity contribution in [3.05, 3.63) is 30.1 Å². The molecule has 1 atom stereocenters. The SMILES string of the molecule is CCC(C)C(=O)Nc1ccccc1F. The topological polar surface area (TPSA) is 29.1 Å². The molecular formula is C11H14FNO. The van der Waals surface area contributed by atoms with Crippen molar-refractivity contribution in [1.29, 1.82) is 0 Å². The second kappa shape index (κ2) is 4.74. The first-order chi connectivity index (χ1) is 6.65. The molecular weight excluding hydrogens is 181 g/mol. The molecule has 0 aromatic heterocycles. The van der Waals surface area contributed by atoms with Crippen LogP contribution in [0.2, 0.25) is 0 Å². The van der Waals surface area contributed by atoms with Crippen molar-refractivity contribution in [2.45, 2.75) is 20.3 Å². The average molecular weight is 195 g/mol. The minimum Gasteiger partial charge on any atom is -0.323 e. The second-order valence-corrected chi connectivity index (χ2v) is 3.28. The Bertz CT molecular complexity index is 325. The van der Waals surface area contributed by atoms with Gasteiger partial charge < -0.3 is 5.32 Å². The third-order valence-corrected chi connectivity index (χ3v) is 2.19. The summed E-state index contributed by atoms with van der Waals surface area (Å²) in [5.74, 6) is -0.628. The molecule has 0 saturated heterocycles. The average Bonchev–Trinajstić information content (AvgIpc) is 2.20. The fourth-order valence-electron chi connectivity index (χ4n) is 1.00. The van der Waals surface area contributed by atoms with Gasteiger partial charge in [-0.15, -0.1) is 0 Å². The number of amides is 1. The standard InChI is InChI=1S/C11H14FNO/c1-3-8(2)11(14)13-10-7-5-4-6-9(10)12/h4-8H,3H2,1-2H3,(H,13,14). The van der Waals surface area contributed by atoms with E-state index in [9.17, 15) is 9.18 Å². The zero-order valence-electron chi connectivity index (χ0n) is 8.38. The molecule has 1 rings (SSSR count). The van der Waals surface area contributed by atoms with Gasteiger partial charge in [-0.25, -0.2) is 4.39 Å².